The van der Waals surface area contributed by atoms with Gasteiger partial charge < -0.3 is 19.3 Å². The lowest BCUT2D eigenvalue weighted by Gasteiger charge is -2.35. The van der Waals surface area contributed by atoms with Crippen LogP contribution >= 0.6 is 0 Å². The zero-order chi connectivity index (χ0) is 23.7. The van der Waals surface area contributed by atoms with Crippen LogP contribution in [0.2, 0.25) is 0 Å². The van der Waals surface area contributed by atoms with Crippen LogP contribution in [0.15, 0.2) is 36.4 Å². The highest BCUT2D eigenvalue weighted by atomic mass is 19.1. The van der Waals surface area contributed by atoms with Crippen LogP contribution in [0.4, 0.5) is 8.78 Å². The molecular formula is C26H28F2N2O4. The fourth-order valence-electron chi connectivity index (χ4n) is 5.16. The number of halogens is 2. The molecule has 3 aliphatic rings. The molecule has 180 valence electrons. The van der Waals surface area contributed by atoms with E-state index in [9.17, 15) is 18.4 Å². The maximum absolute atomic E-state index is 14.0. The fourth-order valence-corrected chi connectivity index (χ4v) is 5.16. The van der Waals surface area contributed by atoms with Crippen molar-refractivity contribution in [3.8, 4) is 11.5 Å². The average molecular weight is 471 g/mol. The molecule has 1 atom stereocenters. The summed E-state index contributed by atoms with van der Waals surface area (Å²) in [5, 5.41) is 0. The SMILES string of the molecule is O=C(c1ccc(F)cc1F)N1CCC(C(=O)N2CCCC2c2ccc3c(c2)OCCCO3)CC1. The predicted octanol–water partition coefficient (Wildman–Crippen LogP) is 4.34. The van der Waals surface area contributed by atoms with E-state index in [4.69, 9.17) is 9.47 Å². The predicted molar refractivity (Wildman–Crippen MR) is 121 cm³/mol. The smallest absolute Gasteiger partial charge is 0.256 e. The van der Waals surface area contributed by atoms with Crippen molar-refractivity contribution in [1.82, 2.24) is 9.80 Å². The summed E-state index contributed by atoms with van der Waals surface area (Å²) in [4.78, 5) is 29.6. The molecule has 0 N–H and O–H groups in total. The van der Waals surface area contributed by atoms with Gasteiger partial charge in [-0.1, -0.05) is 6.07 Å². The molecule has 0 aliphatic carbocycles. The van der Waals surface area contributed by atoms with Crippen LogP contribution in [0.3, 0.4) is 0 Å². The van der Waals surface area contributed by atoms with Crippen molar-refractivity contribution in [2.75, 3.05) is 32.8 Å². The summed E-state index contributed by atoms with van der Waals surface area (Å²) in [6.45, 7) is 2.69. The van der Waals surface area contributed by atoms with E-state index in [0.29, 0.717) is 45.7 Å². The summed E-state index contributed by atoms with van der Waals surface area (Å²) < 4.78 is 38.8. The van der Waals surface area contributed by atoms with E-state index in [1.165, 1.54) is 6.07 Å². The van der Waals surface area contributed by atoms with Crippen molar-refractivity contribution in [2.45, 2.75) is 38.1 Å². The molecule has 6 nitrogen and oxygen atoms in total. The Morgan fingerprint density at radius 3 is 2.38 bits per heavy atom. The number of benzene rings is 2. The minimum absolute atomic E-state index is 0.00220. The van der Waals surface area contributed by atoms with Gasteiger partial charge >= 0.3 is 0 Å². The first kappa shape index (κ1) is 22.6. The molecule has 8 heteroatoms. The zero-order valence-corrected chi connectivity index (χ0v) is 19.0. The van der Waals surface area contributed by atoms with Gasteiger partial charge in [0.2, 0.25) is 5.91 Å². The first-order valence-corrected chi connectivity index (χ1v) is 12.0. The number of carbonyl (C=O) groups excluding carboxylic acids is 2. The molecule has 5 rings (SSSR count). The highest BCUT2D eigenvalue weighted by molar-refractivity contribution is 5.94. The van der Waals surface area contributed by atoms with Crippen LogP contribution in [0.1, 0.15) is 54.1 Å². The molecule has 3 aliphatic heterocycles. The second-order valence-electron chi connectivity index (χ2n) is 9.14. The molecule has 2 amide bonds. The number of ether oxygens (including phenoxy) is 2. The number of hydrogen-bond acceptors (Lipinski definition) is 4. The van der Waals surface area contributed by atoms with Crippen LogP contribution in [0.5, 0.6) is 11.5 Å². The number of rotatable bonds is 3. The summed E-state index contributed by atoms with van der Waals surface area (Å²) in [5.41, 5.74) is 0.912. The van der Waals surface area contributed by atoms with Crippen molar-refractivity contribution in [2.24, 2.45) is 5.92 Å². The largest absolute Gasteiger partial charge is 0.490 e. The molecule has 2 aromatic rings. The number of hydrogen-bond donors (Lipinski definition) is 0. The monoisotopic (exact) mass is 470 g/mol. The van der Waals surface area contributed by atoms with Crippen LogP contribution in [-0.4, -0.2) is 54.5 Å². The van der Waals surface area contributed by atoms with E-state index in [1.807, 2.05) is 23.1 Å². The van der Waals surface area contributed by atoms with Gasteiger partial charge in [0.15, 0.2) is 11.5 Å². The Labute approximate surface area is 197 Å². The number of likely N-dealkylation sites (tertiary alicyclic amines) is 2. The third-order valence-electron chi connectivity index (χ3n) is 6.99. The Kier molecular flexibility index (Phi) is 6.39. The summed E-state index contributed by atoms with van der Waals surface area (Å²) in [7, 11) is 0. The van der Waals surface area contributed by atoms with Gasteiger partial charge in [-0.2, -0.15) is 0 Å². The molecule has 0 spiro atoms. The summed E-state index contributed by atoms with van der Waals surface area (Å²) in [5.74, 6) is -0.640. The van der Waals surface area contributed by atoms with E-state index >= 15 is 0 Å². The highest BCUT2D eigenvalue weighted by Gasteiger charge is 2.36. The minimum atomic E-state index is -0.863. The second kappa shape index (κ2) is 9.60. The third-order valence-corrected chi connectivity index (χ3v) is 6.99. The summed E-state index contributed by atoms with van der Waals surface area (Å²) in [6, 6.07) is 8.91. The molecule has 2 aromatic carbocycles. The third kappa shape index (κ3) is 4.45. The molecule has 0 aromatic heterocycles. The molecule has 34 heavy (non-hydrogen) atoms. The van der Waals surface area contributed by atoms with E-state index < -0.39 is 17.5 Å². The van der Waals surface area contributed by atoms with Gasteiger partial charge in [0.1, 0.15) is 11.6 Å². The quantitative estimate of drug-likeness (QED) is 0.670. The lowest BCUT2D eigenvalue weighted by Crippen LogP contribution is -2.44. The number of amides is 2. The van der Waals surface area contributed by atoms with Crippen LogP contribution in [-0.2, 0) is 4.79 Å². The van der Waals surface area contributed by atoms with E-state index in [2.05, 4.69) is 0 Å². The van der Waals surface area contributed by atoms with Crippen molar-refractivity contribution in [3.63, 3.8) is 0 Å². The normalized spacial score (nSPS) is 20.8. The van der Waals surface area contributed by atoms with Crippen molar-refractivity contribution in [1.29, 1.82) is 0 Å². The summed E-state index contributed by atoms with van der Waals surface area (Å²) in [6.07, 6.45) is 3.72. The molecule has 1 unspecified atom stereocenters. The maximum Gasteiger partial charge on any atom is 0.256 e. The van der Waals surface area contributed by atoms with Crippen LogP contribution in [0.25, 0.3) is 0 Å². The van der Waals surface area contributed by atoms with Gasteiger partial charge in [-0.25, -0.2) is 8.78 Å². The molecule has 0 bridgehead atoms. The Bertz CT molecular complexity index is 1080. The fraction of sp³-hybridized carbons (Fsp3) is 0.462. The molecule has 0 saturated carbocycles. The first-order valence-electron chi connectivity index (χ1n) is 12.0. The van der Waals surface area contributed by atoms with E-state index in [1.54, 1.807) is 4.90 Å². The zero-order valence-electron chi connectivity index (χ0n) is 19.0. The van der Waals surface area contributed by atoms with Gasteiger partial charge in [-0.15, -0.1) is 0 Å². The first-order chi connectivity index (χ1) is 16.5. The van der Waals surface area contributed by atoms with Crippen molar-refractivity contribution in [3.05, 3.63) is 59.2 Å². The number of fused-ring (bicyclic) bond motifs is 1. The average Bonchev–Trinajstić information content (AvgIpc) is 3.22. The topological polar surface area (TPSA) is 59.1 Å². The van der Waals surface area contributed by atoms with Gasteiger partial charge in [0, 0.05) is 38.0 Å². The van der Waals surface area contributed by atoms with Crippen molar-refractivity contribution < 1.29 is 27.8 Å². The molecular weight excluding hydrogens is 442 g/mol. The van der Waals surface area contributed by atoms with E-state index in [0.717, 1.165) is 48.5 Å². The minimum Gasteiger partial charge on any atom is -0.490 e. The van der Waals surface area contributed by atoms with E-state index in [-0.39, 0.29) is 23.4 Å². The maximum atomic E-state index is 14.0. The number of piperidine rings is 1. The Hall–Kier alpha value is -3.16. The Balaban J connectivity index is 1.24. The standard InChI is InChI=1S/C26H28F2N2O4/c27-19-5-6-20(21(28)16-19)26(32)29-11-8-17(9-12-29)25(31)30-10-1-3-22(30)18-4-7-23-24(15-18)34-14-2-13-33-23/h4-7,15-17,22H,1-3,8-14H2. The molecule has 3 heterocycles. The van der Waals surface area contributed by atoms with Crippen LogP contribution < -0.4 is 9.47 Å². The lowest BCUT2D eigenvalue weighted by molar-refractivity contribution is -0.137. The van der Waals surface area contributed by atoms with Gasteiger partial charge in [0.05, 0.1) is 24.8 Å². The Morgan fingerprint density at radius 1 is 0.853 bits per heavy atom. The summed E-state index contributed by atoms with van der Waals surface area (Å²) >= 11 is 0. The second-order valence-corrected chi connectivity index (χ2v) is 9.14. The van der Waals surface area contributed by atoms with Crippen molar-refractivity contribution >= 4 is 11.8 Å². The van der Waals surface area contributed by atoms with Gasteiger partial charge in [-0.3, -0.25) is 9.59 Å². The molecule has 2 saturated heterocycles. The molecule has 2 fully saturated rings. The van der Waals surface area contributed by atoms with Gasteiger partial charge in [0.25, 0.3) is 5.91 Å². The highest BCUT2D eigenvalue weighted by Crippen LogP contribution is 2.39. The number of carbonyl (C=O) groups is 2. The number of nitrogens with zero attached hydrogens (tertiary/aromatic N) is 2. The van der Waals surface area contributed by atoms with Gasteiger partial charge in [-0.05, 0) is 55.5 Å². The molecule has 0 radical (unpaired) electrons. The Morgan fingerprint density at radius 2 is 1.62 bits per heavy atom. The lowest BCUT2D eigenvalue weighted by atomic mass is 9.93. The van der Waals surface area contributed by atoms with Crippen LogP contribution in [0, 0.1) is 17.6 Å².